The SMILES string of the molecule is Brc1ccc2c(c1)c1cccnc1n2-c1cc(-c2ccccc2)cc(-c2ccccc2)n1.Brc1ccc2c(c1)c1cccnc1n2-c1cc(-c2ccccc2)nc(-c2ccccc2)c1.Brc1ccc2c(c1)c1cccnc1n2-c1cc(-c2ccccc2)nc(-c2ccccc2)n1.Brc1ccc2c(c1)c1cccnc1n2-c1nc(-c2ccccc2)cc(-c2ccccc2)n1. The summed E-state index contributed by atoms with van der Waals surface area (Å²) >= 11 is 14.5. The van der Waals surface area contributed by atoms with Crippen LogP contribution in [0.1, 0.15) is 0 Å². The summed E-state index contributed by atoms with van der Waals surface area (Å²) in [5, 5.41) is 8.95. The Morgan fingerprint density at radius 2 is 0.469 bits per heavy atom. The van der Waals surface area contributed by atoms with Crippen LogP contribution in [0.2, 0.25) is 0 Å². The van der Waals surface area contributed by atoms with Crippen LogP contribution >= 0.6 is 63.7 Å². The molecule has 0 spiro atoms. The summed E-state index contributed by atoms with van der Waals surface area (Å²) in [5.74, 6) is 2.93. The van der Waals surface area contributed by atoms with Gasteiger partial charge in [0.2, 0.25) is 5.95 Å². The van der Waals surface area contributed by atoms with E-state index in [2.05, 4.69) is 294 Å². The molecule has 128 heavy (non-hydrogen) atoms. The Bertz CT molecular complexity index is 7030. The summed E-state index contributed by atoms with van der Waals surface area (Å²) in [5.41, 5.74) is 23.9. The van der Waals surface area contributed by atoms with Gasteiger partial charge in [-0.2, -0.15) is 0 Å². The van der Waals surface area contributed by atoms with Crippen molar-refractivity contribution in [2.75, 3.05) is 0 Å². The first-order valence-corrected chi connectivity index (χ1v) is 44.7. The molecule has 0 saturated carbocycles. The van der Waals surface area contributed by atoms with E-state index in [9.17, 15) is 0 Å². The number of hydrogen-bond donors (Lipinski definition) is 0. The number of hydrogen-bond acceptors (Lipinski definition) is 10. The number of benzene rings is 12. The van der Waals surface area contributed by atoms with Gasteiger partial charge < -0.3 is 0 Å². The van der Waals surface area contributed by atoms with Gasteiger partial charge in [-0.1, -0.05) is 306 Å². The van der Waals surface area contributed by atoms with Crippen molar-refractivity contribution < 1.29 is 0 Å². The van der Waals surface area contributed by atoms with E-state index in [1.54, 1.807) is 0 Å². The summed E-state index contributed by atoms with van der Waals surface area (Å²) in [7, 11) is 0. The highest BCUT2D eigenvalue weighted by molar-refractivity contribution is 9.11. The van der Waals surface area contributed by atoms with E-state index in [0.717, 1.165) is 202 Å². The molecule has 0 aliphatic carbocycles. The van der Waals surface area contributed by atoms with Gasteiger partial charge >= 0.3 is 0 Å². The van der Waals surface area contributed by atoms with E-state index in [1.165, 1.54) is 5.39 Å². The number of rotatable bonds is 12. The Labute approximate surface area is 769 Å². The van der Waals surface area contributed by atoms with E-state index in [-0.39, 0.29) is 0 Å². The summed E-state index contributed by atoms with van der Waals surface area (Å²) < 4.78 is 12.7. The standard InChI is InChI=1S/2C28H18BrN3.2C27H17BrN4/c29-22-13-14-26-24(18-22)23-12-7-15-30-28(23)32(26)27-17-21(19-8-3-1-4-9-19)16-25(31-27)20-10-5-2-6-11-20;29-21-13-14-27-24(16-21)23-12-7-15-30-28(23)32(27)22-17-25(19-8-3-1-4-9-19)31-26(18-22)20-10-5-2-6-11-20;28-20-13-14-25-22(16-20)21-12-7-15-29-26(21)32(25)27-30-23(18-8-3-1-4-9-18)17-24(31-27)19-10-5-2-6-11-19;28-20-13-14-24-22(16-20)21-12-7-15-29-27(21)32(24)25-17-23(18-8-3-1-4-9-18)30-26(31-25)19-10-5-2-6-11-19/h2*1-18H;2*1-17H. The number of halogens is 4. The Hall–Kier alpha value is -15.2. The Morgan fingerprint density at radius 1 is 0.180 bits per heavy atom. The molecule has 0 N–H and O–H groups in total. The van der Waals surface area contributed by atoms with Gasteiger partial charge in [-0.3, -0.25) is 18.3 Å². The van der Waals surface area contributed by atoms with Gasteiger partial charge in [0.1, 0.15) is 34.2 Å². The Morgan fingerprint density at radius 3 is 0.836 bits per heavy atom. The second-order valence-electron chi connectivity index (χ2n) is 30.5. The molecule has 0 radical (unpaired) electrons. The zero-order valence-corrected chi connectivity index (χ0v) is 74.5. The molecule has 12 aromatic heterocycles. The van der Waals surface area contributed by atoms with E-state index in [0.29, 0.717) is 11.8 Å². The van der Waals surface area contributed by atoms with Crippen molar-refractivity contribution >= 4 is 151 Å². The molecule has 0 unspecified atom stereocenters. The second kappa shape index (κ2) is 35.5. The molecular formula is C110H70Br4N14. The molecule has 12 heterocycles. The highest BCUT2D eigenvalue weighted by Gasteiger charge is 2.24. The van der Waals surface area contributed by atoms with Gasteiger partial charge in [-0.05, 0) is 163 Å². The molecular weight excluding hydrogens is 1840 g/mol. The molecule has 24 aromatic rings. The van der Waals surface area contributed by atoms with Gasteiger partial charge in [-0.25, -0.2) is 49.8 Å². The summed E-state index contributed by atoms with van der Waals surface area (Å²) in [6, 6.07) is 136. The van der Waals surface area contributed by atoms with Crippen LogP contribution in [0, 0.1) is 0 Å². The van der Waals surface area contributed by atoms with E-state index < -0.39 is 0 Å². The fraction of sp³-hybridized carbons (Fsp3) is 0. The van der Waals surface area contributed by atoms with Crippen molar-refractivity contribution in [1.29, 1.82) is 0 Å². The van der Waals surface area contributed by atoms with Crippen LogP contribution in [0.3, 0.4) is 0 Å². The zero-order chi connectivity index (χ0) is 86.0. The third-order valence-electron chi connectivity index (χ3n) is 22.5. The molecule has 0 atom stereocenters. The number of pyridine rings is 6. The van der Waals surface area contributed by atoms with Crippen molar-refractivity contribution in [2.45, 2.75) is 0 Å². The summed E-state index contributed by atoms with van der Waals surface area (Å²) in [4.78, 5) is 48.9. The van der Waals surface area contributed by atoms with Crippen molar-refractivity contribution in [2.24, 2.45) is 0 Å². The van der Waals surface area contributed by atoms with Crippen LogP contribution in [0.15, 0.2) is 443 Å². The van der Waals surface area contributed by atoms with E-state index in [1.807, 2.05) is 213 Å². The van der Waals surface area contributed by atoms with Crippen LogP contribution in [-0.2, 0) is 0 Å². The fourth-order valence-electron chi connectivity index (χ4n) is 16.6. The van der Waals surface area contributed by atoms with Crippen molar-refractivity contribution in [1.82, 2.24) is 68.1 Å². The lowest BCUT2D eigenvalue weighted by atomic mass is 10.0. The zero-order valence-electron chi connectivity index (χ0n) is 68.2. The maximum atomic E-state index is 5.11. The molecule has 0 bridgehead atoms. The predicted molar refractivity (Wildman–Crippen MR) is 535 cm³/mol. The van der Waals surface area contributed by atoms with Gasteiger partial charge in [0.05, 0.1) is 61.9 Å². The van der Waals surface area contributed by atoms with Gasteiger partial charge in [0, 0.05) is 131 Å². The molecule has 0 amide bonds. The van der Waals surface area contributed by atoms with Gasteiger partial charge in [0.15, 0.2) is 5.82 Å². The molecule has 0 aliphatic rings. The minimum atomic E-state index is 0.603. The largest absolute Gasteiger partial charge is 0.294 e. The van der Waals surface area contributed by atoms with Gasteiger partial charge in [0.25, 0.3) is 0 Å². The molecule has 24 rings (SSSR count). The van der Waals surface area contributed by atoms with Crippen LogP contribution in [0.25, 0.3) is 201 Å². The highest BCUT2D eigenvalue weighted by Crippen LogP contribution is 2.41. The highest BCUT2D eigenvalue weighted by atomic mass is 79.9. The first-order valence-electron chi connectivity index (χ1n) is 41.6. The molecule has 608 valence electrons. The lowest BCUT2D eigenvalue weighted by Gasteiger charge is -2.12. The van der Waals surface area contributed by atoms with Crippen molar-refractivity contribution in [3.05, 3.63) is 443 Å². The number of aromatic nitrogens is 14. The molecule has 0 aliphatic heterocycles. The molecule has 14 nitrogen and oxygen atoms in total. The van der Waals surface area contributed by atoms with E-state index in [4.69, 9.17) is 49.8 Å². The van der Waals surface area contributed by atoms with Crippen LogP contribution in [0.5, 0.6) is 0 Å². The Balaban J connectivity index is 0.000000104. The maximum Gasteiger partial charge on any atom is 0.237 e. The molecule has 12 aromatic carbocycles. The topological polar surface area (TPSA) is 149 Å². The Kier molecular flexibility index (Phi) is 22.1. The average molecular weight is 1910 g/mol. The maximum absolute atomic E-state index is 5.11. The normalized spacial score (nSPS) is 11.3. The van der Waals surface area contributed by atoms with Crippen molar-refractivity contribution in [3.63, 3.8) is 0 Å². The average Bonchev–Trinajstić information content (AvgIpc) is 1.61. The quantitative estimate of drug-likeness (QED) is 0.116. The molecule has 0 fully saturated rings. The lowest BCUT2D eigenvalue weighted by Crippen LogP contribution is -2.04. The number of nitrogens with zero attached hydrogens (tertiary/aromatic N) is 14. The van der Waals surface area contributed by atoms with Crippen molar-refractivity contribution in [3.8, 4) is 113 Å². The molecule has 0 saturated heterocycles. The summed E-state index contributed by atoms with van der Waals surface area (Å²) in [6.07, 6.45) is 7.33. The number of fused-ring (bicyclic) bond motifs is 12. The van der Waals surface area contributed by atoms with Gasteiger partial charge in [-0.15, -0.1) is 0 Å². The van der Waals surface area contributed by atoms with Crippen LogP contribution in [0.4, 0.5) is 0 Å². The first kappa shape index (κ1) is 80.0. The third-order valence-corrected chi connectivity index (χ3v) is 24.4. The summed E-state index contributed by atoms with van der Waals surface area (Å²) in [6.45, 7) is 0. The minimum absolute atomic E-state index is 0.603. The van der Waals surface area contributed by atoms with Crippen LogP contribution < -0.4 is 0 Å². The van der Waals surface area contributed by atoms with E-state index >= 15 is 0 Å². The lowest BCUT2D eigenvalue weighted by molar-refractivity contribution is 0.981. The predicted octanol–water partition coefficient (Wildman–Crippen LogP) is 29.5. The van der Waals surface area contributed by atoms with Crippen LogP contribution in [-0.4, -0.2) is 68.1 Å². The minimum Gasteiger partial charge on any atom is -0.294 e. The molecule has 18 heteroatoms. The monoisotopic (exact) mass is 1900 g/mol. The smallest absolute Gasteiger partial charge is 0.237 e. The third kappa shape index (κ3) is 16.0. The second-order valence-corrected chi connectivity index (χ2v) is 34.1. The first-order chi connectivity index (χ1) is 63.1. The fourth-order valence-corrected chi connectivity index (χ4v) is 18.1.